The summed E-state index contributed by atoms with van der Waals surface area (Å²) in [5.41, 5.74) is 7.17. The maximum absolute atomic E-state index is 11.5. The number of para-hydroxylation sites is 1. The van der Waals surface area contributed by atoms with E-state index >= 15 is 0 Å². The number of ether oxygens (including phenoxy) is 2. The number of benzene rings is 2. The number of aliphatic hydroxyl groups excluding tert-OH is 1. The molecule has 0 atom stereocenters. The first kappa shape index (κ1) is 13.9. The zero-order valence-electron chi connectivity index (χ0n) is 11.0. The van der Waals surface area contributed by atoms with Gasteiger partial charge in [-0.1, -0.05) is 18.2 Å². The predicted octanol–water partition coefficient (Wildman–Crippen LogP) is 2.34. The first-order valence-corrected chi connectivity index (χ1v) is 6.00. The first-order chi connectivity index (χ1) is 9.65. The van der Waals surface area contributed by atoms with Gasteiger partial charge in [-0.3, -0.25) is 0 Å². The van der Waals surface area contributed by atoms with E-state index < -0.39 is 5.97 Å². The van der Waals surface area contributed by atoms with Crippen LogP contribution < -0.4 is 10.5 Å². The second-order valence-electron chi connectivity index (χ2n) is 4.11. The molecule has 0 saturated heterocycles. The molecule has 0 radical (unpaired) electrons. The van der Waals surface area contributed by atoms with E-state index in [0.29, 0.717) is 11.5 Å². The molecule has 0 aliphatic heterocycles. The smallest absolute Gasteiger partial charge is 0.340 e. The van der Waals surface area contributed by atoms with Crippen LogP contribution in [0.1, 0.15) is 15.9 Å². The third kappa shape index (κ3) is 2.89. The minimum Gasteiger partial charge on any atom is -0.465 e. The average Bonchev–Trinajstić information content (AvgIpc) is 2.49. The van der Waals surface area contributed by atoms with Crippen molar-refractivity contribution in [2.45, 2.75) is 6.61 Å². The highest BCUT2D eigenvalue weighted by Gasteiger charge is 2.13. The Balaban J connectivity index is 2.26. The quantitative estimate of drug-likeness (QED) is 0.660. The Kier molecular flexibility index (Phi) is 4.22. The van der Waals surface area contributed by atoms with Gasteiger partial charge in [-0.15, -0.1) is 0 Å². The van der Waals surface area contributed by atoms with Crippen molar-refractivity contribution in [3.8, 4) is 11.5 Å². The number of carbonyl (C=O) groups excluding carboxylic acids is 1. The van der Waals surface area contributed by atoms with Gasteiger partial charge in [0.2, 0.25) is 0 Å². The molecule has 5 heteroatoms. The zero-order chi connectivity index (χ0) is 14.5. The van der Waals surface area contributed by atoms with Crippen molar-refractivity contribution in [2.75, 3.05) is 12.8 Å². The molecule has 5 nitrogen and oxygen atoms in total. The summed E-state index contributed by atoms with van der Waals surface area (Å²) < 4.78 is 10.3. The molecule has 0 bridgehead atoms. The minimum atomic E-state index is -0.511. The summed E-state index contributed by atoms with van der Waals surface area (Å²) in [5, 5.41) is 8.97. The molecule has 0 aliphatic rings. The van der Waals surface area contributed by atoms with Crippen LogP contribution >= 0.6 is 0 Å². The van der Waals surface area contributed by atoms with Crippen LogP contribution in [0.5, 0.6) is 11.5 Å². The Morgan fingerprint density at radius 3 is 2.50 bits per heavy atom. The second-order valence-corrected chi connectivity index (χ2v) is 4.11. The number of aliphatic hydroxyl groups is 1. The summed E-state index contributed by atoms with van der Waals surface area (Å²) in [7, 11) is 1.29. The zero-order valence-corrected chi connectivity index (χ0v) is 11.0. The molecule has 3 N–H and O–H groups in total. The molecule has 2 aromatic carbocycles. The lowest BCUT2D eigenvalue weighted by Gasteiger charge is -2.11. The highest BCUT2D eigenvalue weighted by atomic mass is 16.5. The summed E-state index contributed by atoms with van der Waals surface area (Å²) in [6, 6.07) is 11.8. The van der Waals surface area contributed by atoms with E-state index in [2.05, 4.69) is 4.74 Å². The van der Waals surface area contributed by atoms with Crippen LogP contribution in [0.4, 0.5) is 5.69 Å². The van der Waals surface area contributed by atoms with Crippen LogP contribution in [0.15, 0.2) is 42.5 Å². The van der Waals surface area contributed by atoms with Gasteiger partial charge >= 0.3 is 5.97 Å². The Hall–Kier alpha value is -2.53. The van der Waals surface area contributed by atoms with Crippen LogP contribution in [0.3, 0.4) is 0 Å². The van der Waals surface area contributed by atoms with E-state index in [1.165, 1.54) is 7.11 Å². The summed E-state index contributed by atoms with van der Waals surface area (Å²) in [4.78, 5) is 11.5. The molecule has 20 heavy (non-hydrogen) atoms. The monoisotopic (exact) mass is 273 g/mol. The maximum Gasteiger partial charge on any atom is 0.340 e. The fraction of sp³-hybridized carbons (Fsp3) is 0.133. The van der Waals surface area contributed by atoms with E-state index in [1.54, 1.807) is 42.5 Å². The predicted molar refractivity (Wildman–Crippen MR) is 74.6 cm³/mol. The standard InChI is InChI=1S/C15H15NO4/c1-19-15(18)12-3-2-4-13(14(12)16)20-11-7-5-10(9-17)6-8-11/h2-8,17H,9,16H2,1H3. The lowest BCUT2D eigenvalue weighted by Crippen LogP contribution is -2.06. The molecule has 0 saturated carbocycles. The molecule has 2 aromatic rings. The minimum absolute atomic E-state index is 0.0275. The average molecular weight is 273 g/mol. The molecule has 0 unspecified atom stereocenters. The van der Waals surface area contributed by atoms with Crippen LogP contribution in [0.2, 0.25) is 0 Å². The number of esters is 1. The van der Waals surface area contributed by atoms with Gasteiger partial charge in [-0.25, -0.2) is 4.79 Å². The molecule has 0 aromatic heterocycles. The fourth-order valence-corrected chi connectivity index (χ4v) is 1.71. The van der Waals surface area contributed by atoms with Crippen LogP contribution in [0, 0.1) is 0 Å². The largest absolute Gasteiger partial charge is 0.465 e. The first-order valence-electron chi connectivity index (χ1n) is 6.00. The normalized spacial score (nSPS) is 10.1. The number of nitrogen functional groups attached to an aromatic ring is 1. The van der Waals surface area contributed by atoms with Crippen molar-refractivity contribution in [1.82, 2.24) is 0 Å². The van der Waals surface area contributed by atoms with Crippen molar-refractivity contribution in [3.05, 3.63) is 53.6 Å². The van der Waals surface area contributed by atoms with Crippen molar-refractivity contribution in [1.29, 1.82) is 0 Å². The van der Waals surface area contributed by atoms with Crippen LogP contribution in [0.25, 0.3) is 0 Å². The maximum atomic E-state index is 11.5. The Morgan fingerprint density at radius 1 is 1.20 bits per heavy atom. The fourth-order valence-electron chi connectivity index (χ4n) is 1.71. The van der Waals surface area contributed by atoms with E-state index in [9.17, 15) is 4.79 Å². The number of hydrogen-bond donors (Lipinski definition) is 2. The van der Waals surface area contributed by atoms with Gasteiger partial charge in [0.1, 0.15) is 5.75 Å². The molecular formula is C15H15NO4. The number of anilines is 1. The number of rotatable bonds is 4. The van der Waals surface area contributed by atoms with Gasteiger partial charge in [0.15, 0.2) is 5.75 Å². The lowest BCUT2D eigenvalue weighted by atomic mass is 10.1. The third-order valence-corrected chi connectivity index (χ3v) is 2.81. The molecule has 0 aliphatic carbocycles. The number of nitrogens with two attached hydrogens (primary N) is 1. The number of methoxy groups -OCH3 is 1. The van der Waals surface area contributed by atoms with Crippen molar-refractivity contribution in [2.24, 2.45) is 0 Å². The SMILES string of the molecule is COC(=O)c1cccc(Oc2ccc(CO)cc2)c1N. The summed E-state index contributed by atoms with van der Waals surface area (Å²) in [5.74, 6) is 0.434. The van der Waals surface area contributed by atoms with Gasteiger partial charge in [-0.2, -0.15) is 0 Å². The summed E-state index contributed by atoms with van der Waals surface area (Å²) in [6.45, 7) is -0.0275. The molecule has 0 amide bonds. The van der Waals surface area contributed by atoms with Gasteiger partial charge in [0, 0.05) is 0 Å². The molecule has 2 rings (SSSR count). The summed E-state index contributed by atoms with van der Waals surface area (Å²) in [6.07, 6.45) is 0. The van der Waals surface area contributed by atoms with Gasteiger partial charge < -0.3 is 20.3 Å². The second kappa shape index (κ2) is 6.08. The number of hydrogen-bond acceptors (Lipinski definition) is 5. The van der Waals surface area contributed by atoms with E-state index in [-0.39, 0.29) is 17.9 Å². The van der Waals surface area contributed by atoms with Crippen molar-refractivity contribution >= 4 is 11.7 Å². The number of carbonyl (C=O) groups is 1. The van der Waals surface area contributed by atoms with E-state index in [0.717, 1.165) is 5.56 Å². The van der Waals surface area contributed by atoms with Crippen molar-refractivity contribution < 1.29 is 19.4 Å². The molecular weight excluding hydrogens is 258 g/mol. The van der Waals surface area contributed by atoms with Crippen LogP contribution in [-0.4, -0.2) is 18.2 Å². The molecule has 0 fully saturated rings. The van der Waals surface area contributed by atoms with E-state index in [1.807, 2.05) is 0 Å². The highest BCUT2D eigenvalue weighted by molar-refractivity contribution is 5.96. The van der Waals surface area contributed by atoms with Gasteiger partial charge in [0.05, 0.1) is 25.0 Å². The molecule has 0 heterocycles. The Bertz CT molecular complexity index is 608. The highest BCUT2D eigenvalue weighted by Crippen LogP contribution is 2.30. The molecule has 104 valence electrons. The third-order valence-electron chi connectivity index (χ3n) is 2.81. The van der Waals surface area contributed by atoms with E-state index in [4.69, 9.17) is 15.6 Å². The van der Waals surface area contributed by atoms with Crippen LogP contribution in [-0.2, 0) is 11.3 Å². The Labute approximate surface area is 116 Å². The van der Waals surface area contributed by atoms with Crippen molar-refractivity contribution in [3.63, 3.8) is 0 Å². The molecule has 0 spiro atoms. The lowest BCUT2D eigenvalue weighted by molar-refractivity contribution is 0.0601. The topological polar surface area (TPSA) is 81.8 Å². The Morgan fingerprint density at radius 2 is 1.90 bits per heavy atom. The van der Waals surface area contributed by atoms with Gasteiger partial charge in [0.25, 0.3) is 0 Å². The summed E-state index contributed by atoms with van der Waals surface area (Å²) >= 11 is 0. The van der Waals surface area contributed by atoms with Gasteiger partial charge in [-0.05, 0) is 29.8 Å².